The highest BCUT2D eigenvalue weighted by atomic mass is 35.5. The number of rotatable bonds is 1. The van der Waals surface area contributed by atoms with Gasteiger partial charge < -0.3 is 5.73 Å². The second-order valence-electron chi connectivity index (χ2n) is 5.80. The lowest BCUT2D eigenvalue weighted by molar-refractivity contribution is 0.165. The van der Waals surface area contributed by atoms with Crippen LogP contribution in [0.1, 0.15) is 45.1 Å². The molecule has 0 radical (unpaired) electrons. The fourth-order valence-electron chi connectivity index (χ4n) is 2.51. The van der Waals surface area contributed by atoms with Crippen molar-refractivity contribution < 1.29 is 0 Å². The summed E-state index contributed by atoms with van der Waals surface area (Å²) in [5, 5.41) is 0.810. The summed E-state index contributed by atoms with van der Waals surface area (Å²) in [4.78, 5) is 0. The number of hydrogen-bond donors (Lipinski definition) is 1. The maximum Gasteiger partial charge on any atom is 0.0456 e. The quantitative estimate of drug-likeness (QED) is 0.782. The second kappa shape index (κ2) is 4.05. The van der Waals surface area contributed by atoms with Gasteiger partial charge in [-0.2, -0.15) is 0 Å². The fraction of sp³-hybridized carbons (Fsp3) is 0.571. The Morgan fingerprint density at radius 1 is 1.06 bits per heavy atom. The van der Waals surface area contributed by atoms with Gasteiger partial charge in [-0.25, -0.2) is 0 Å². The molecule has 1 aliphatic carbocycles. The van der Waals surface area contributed by atoms with Crippen molar-refractivity contribution in [3.8, 4) is 0 Å². The average Bonchev–Trinajstić information content (AvgIpc) is 2.24. The van der Waals surface area contributed by atoms with E-state index < -0.39 is 0 Å². The van der Waals surface area contributed by atoms with E-state index in [1.807, 2.05) is 18.2 Å². The van der Waals surface area contributed by atoms with Crippen molar-refractivity contribution in [2.75, 3.05) is 0 Å². The number of halogens is 1. The maximum atomic E-state index is 6.52. The predicted molar refractivity (Wildman–Crippen MR) is 69.6 cm³/mol. The van der Waals surface area contributed by atoms with E-state index in [1.165, 1.54) is 12.8 Å². The molecule has 2 N–H and O–H groups in total. The molecule has 1 aromatic carbocycles. The van der Waals surface area contributed by atoms with Gasteiger partial charge in [0.25, 0.3) is 0 Å². The van der Waals surface area contributed by atoms with Gasteiger partial charge in [0.15, 0.2) is 0 Å². The normalized spacial score (nSPS) is 23.0. The van der Waals surface area contributed by atoms with Crippen LogP contribution in [0, 0.1) is 5.41 Å². The molecule has 0 aromatic heterocycles. The van der Waals surface area contributed by atoms with Gasteiger partial charge in [-0.3, -0.25) is 0 Å². The highest BCUT2D eigenvalue weighted by Crippen LogP contribution is 2.45. The van der Waals surface area contributed by atoms with E-state index in [0.717, 1.165) is 23.4 Å². The van der Waals surface area contributed by atoms with Crippen molar-refractivity contribution in [1.29, 1.82) is 0 Å². The predicted octanol–water partition coefficient (Wildman–Crippen LogP) is 4.09. The Balaban J connectivity index is 2.25. The molecule has 1 nitrogen and oxygen atoms in total. The first-order valence-corrected chi connectivity index (χ1v) is 6.35. The van der Waals surface area contributed by atoms with Crippen LogP contribution in [-0.4, -0.2) is 0 Å². The van der Waals surface area contributed by atoms with Crippen molar-refractivity contribution in [2.24, 2.45) is 11.1 Å². The molecule has 1 aliphatic rings. The minimum Gasteiger partial charge on any atom is -0.321 e. The molecule has 0 spiro atoms. The average molecular weight is 238 g/mol. The van der Waals surface area contributed by atoms with Crippen LogP contribution in [0.2, 0.25) is 5.02 Å². The molecule has 1 saturated carbocycles. The summed E-state index contributed by atoms with van der Waals surface area (Å²) in [7, 11) is 0. The van der Waals surface area contributed by atoms with Gasteiger partial charge in [-0.1, -0.05) is 43.6 Å². The molecular weight excluding hydrogens is 218 g/mol. The monoisotopic (exact) mass is 237 g/mol. The minimum atomic E-state index is -0.214. The summed E-state index contributed by atoms with van der Waals surface area (Å²) < 4.78 is 0. The fourth-order valence-corrected chi connectivity index (χ4v) is 2.83. The number of benzene rings is 1. The lowest BCUT2D eigenvalue weighted by atomic mass is 9.67. The molecular formula is C14H20ClN. The summed E-state index contributed by atoms with van der Waals surface area (Å²) in [5.41, 5.74) is 7.86. The molecule has 0 saturated heterocycles. The molecule has 1 aromatic rings. The van der Waals surface area contributed by atoms with E-state index in [0.29, 0.717) is 5.41 Å². The molecule has 2 rings (SSSR count). The lowest BCUT2D eigenvalue weighted by Gasteiger charge is -2.41. The molecule has 0 aliphatic heterocycles. The zero-order valence-electron chi connectivity index (χ0n) is 10.1. The first-order chi connectivity index (χ1) is 7.43. The van der Waals surface area contributed by atoms with Crippen molar-refractivity contribution in [3.63, 3.8) is 0 Å². The molecule has 1 fully saturated rings. The molecule has 0 bridgehead atoms. The Bertz CT molecular complexity index is 374. The van der Waals surface area contributed by atoms with Gasteiger partial charge in [-0.15, -0.1) is 0 Å². The zero-order chi connectivity index (χ0) is 11.8. The van der Waals surface area contributed by atoms with E-state index >= 15 is 0 Å². The Morgan fingerprint density at radius 2 is 1.62 bits per heavy atom. The number of hydrogen-bond acceptors (Lipinski definition) is 1. The molecule has 0 unspecified atom stereocenters. The Morgan fingerprint density at radius 3 is 2.19 bits per heavy atom. The van der Waals surface area contributed by atoms with Crippen molar-refractivity contribution in [2.45, 2.75) is 45.1 Å². The van der Waals surface area contributed by atoms with E-state index in [2.05, 4.69) is 19.9 Å². The summed E-state index contributed by atoms with van der Waals surface area (Å²) in [6, 6.07) is 7.99. The van der Waals surface area contributed by atoms with Crippen molar-refractivity contribution in [1.82, 2.24) is 0 Å². The Hall–Kier alpha value is -0.530. The van der Waals surface area contributed by atoms with E-state index in [-0.39, 0.29) is 5.54 Å². The van der Waals surface area contributed by atoms with Crippen LogP contribution in [0.15, 0.2) is 24.3 Å². The van der Waals surface area contributed by atoms with Crippen LogP contribution in [0.5, 0.6) is 0 Å². The first kappa shape index (κ1) is 11.9. The first-order valence-electron chi connectivity index (χ1n) is 5.97. The van der Waals surface area contributed by atoms with Gasteiger partial charge in [0.1, 0.15) is 0 Å². The largest absolute Gasteiger partial charge is 0.321 e. The Kier molecular flexibility index (Phi) is 3.02. The highest BCUT2D eigenvalue weighted by molar-refractivity contribution is 6.31. The standard InChI is InChI=1S/C14H20ClN/c1-13(2)7-9-14(16,10-8-13)11-5-3-4-6-12(11)15/h3-6H,7-10,16H2,1-2H3. The third kappa shape index (κ3) is 2.26. The zero-order valence-corrected chi connectivity index (χ0v) is 10.8. The summed E-state index contributed by atoms with van der Waals surface area (Å²) in [6.07, 6.45) is 4.41. The van der Waals surface area contributed by atoms with Crippen LogP contribution in [0.4, 0.5) is 0 Å². The Labute approximate surface area is 103 Å². The van der Waals surface area contributed by atoms with Crippen LogP contribution < -0.4 is 5.73 Å². The van der Waals surface area contributed by atoms with Gasteiger partial charge in [0.2, 0.25) is 0 Å². The molecule has 0 heterocycles. The number of nitrogens with two attached hydrogens (primary N) is 1. The molecule has 0 atom stereocenters. The third-order valence-electron chi connectivity index (χ3n) is 3.91. The SMILES string of the molecule is CC1(C)CCC(N)(c2ccccc2Cl)CC1. The van der Waals surface area contributed by atoms with E-state index in [9.17, 15) is 0 Å². The van der Waals surface area contributed by atoms with Crippen LogP contribution in [0.3, 0.4) is 0 Å². The summed E-state index contributed by atoms with van der Waals surface area (Å²) in [6.45, 7) is 4.64. The smallest absolute Gasteiger partial charge is 0.0456 e. The molecule has 16 heavy (non-hydrogen) atoms. The van der Waals surface area contributed by atoms with E-state index in [1.54, 1.807) is 0 Å². The molecule has 88 valence electrons. The van der Waals surface area contributed by atoms with Gasteiger partial charge in [-0.05, 0) is 42.7 Å². The van der Waals surface area contributed by atoms with Crippen LogP contribution in [-0.2, 0) is 5.54 Å². The van der Waals surface area contributed by atoms with Crippen LogP contribution in [0.25, 0.3) is 0 Å². The molecule has 2 heteroatoms. The maximum absolute atomic E-state index is 6.52. The van der Waals surface area contributed by atoms with E-state index in [4.69, 9.17) is 17.3 Å². The van der Waals surface area contributed by atoms with Gasteiger partial charge in [0.05, 0.1) is 0 Å². The second-order valence-corrected chi connectivity index (χ2v) is 6.21. The lowest BCUT2D eigenvalue weighted by Crippen LogP contribution is -2.42. The summed E-state index contributed by atoms with van der Waals surface area (Å²) in [5.74, 6) is 0. The van der Waals surface area contributed by atoms with Crippen LogP contribution >= 0.6 is 11.6 Å². The third-order valence-corrected chi connectivity index (χ3v) is 4.24. The topological polar surface area (TPSA) is 26.0 Å². The van der Waals surface area contributed by atoms with Gasteiger partial charge in [0, 0.05) is 10.6 Å². The van der Waals surface area contributed by atoms with Crippen molar-refractivity contribution >= 4 is 11.6 Å². The van der Waals surface area contributed by atoms with Crippen molar-refractivity contribution in [3.05, 3.63) is 34.9 Å². The minimum absolute atomic E-state index is 0.214. The highest BCUT2D eigenvalue weighted by Gasteiger charge is 2.37. The summed E-state index contributed by atoms with van der Waals surface area (Å²) >= 11 is 6.24. The van der Waals surface area contributed by atoms with Gasteiger partial charge >= 0.3 is 0 Å². The molecule has 0 amide bonds.